The van der Waals surface area contributed by atoms with Crippen molar-refractivity contribution in [2.75, 3.05) is 11.9 Å². The lowest BCUT2D eigenvalue weighted by Crippen LogP contribution is -2.24. The maximum absolute atomic E-state index is 12.6. The van der Waals surface area contributed by atoms with Gasteiger partial charge in [-0.2, -0.15) is 13.2 Å². The summed E-state index contributed by atoms with van der Waals surface area (Å²) in [5, 5.41) is 5.45. The third-order valence-electron chi connectivity index (χ3n) is 2.91. The van der Waals surface area contributed by atoms with Gasteiger partial charge in [-0.05, 0) is 30.3 Å². The quantitative estimate of drug-likeness (QED) is 0.859. The molecule has 0 aliphatic rings. The van der Waals surface area contributed by atoms with Crippen LogP contribution in [0.1, 0.15) is 17.7 Å². The van der Waals surface area contributed by atoms with Gasteiger partial charge in [-0.3, -0.25) is 4.79 Å². The van der Waals surface area contributed by atoms with Crippen molar-refractivity contribution in [3.05, 3.63) is 54.0 Å². The number of carbonyl (C=O) groups excluding carboxylic acids is 1. The zero-order valence-electron chi connectivity index (χ0n) is 11.6. The van der Waals surface area contributed by atoms with E-state index in [1.807, 2.05) is 0 Å². The molecule has 4 nitrogen and oxygen atoms in total. The van der Waals surface area contributed by atoms with Gasteiger partial charge in [-0.25, -0.2) is 0 Å². The highest BCUT2D eigenvalue weighted by Crippen LogP contribution is 2.30. The first-order chi connectivity index (χ1) is 10.4. The summed E-state index contributed by atoms with van der Waals surface area (Å²) in [5.74, 6) is 0.426. The highest BCUT2D eigenvalue weighted by molar-refractivity contribution is 5.76. The fourth-order valence-corrected chi connectivity index (χ4v) is 1.81. The number of nitrogens with one attached hydrogen (secondary N) is 2. The van der Waals surface area contributed by atoms with Gasteiger partial charge < -0.3 is 15.1 Å². The van der Waals surface area contributed by atoms with Crippen LogP contribution in [0.3, 0.4) is 0 Å². The maximum atomic E-state index is 12.6. The summed E-state index contributed by atoms with van der Waals surface area (Å²) in [6.45, 7) is 0.528. The van der Waals surface area contributed by atoms with Crippen molar-refractivity contribution in [1.29, 1.82) is 0 Å². The number of furan rings is 1. The first-order valence-electron chi connectivity index (χ1n) is 6.65. The molecular formula is C15H15F3N2O2. The minimum atomic E-state index is -4.38. The highest BCUT2D eigenvalue weighted by Gasteiger charge is 2.30. The minimum Gasteiger partial charge on any atom is -0.467 e. The largest absolute Gasteiger partial charge is 0.467 e. The number of halogens is 3. The number of hydrogen-bond donors (Lipinski definition) is 2. The SMILES string of the molecule is O=C(CCNc1cccc(C(F)(F)F)c1)NCc1ccco1. The first-order valence-corrected chi connectivity index (χ1v) is 6.65. The number of amides is 1. The third kappa shape index (κ3) is 4.83. The molecule has 0 saturated heterocycles. The lowest BCUT2D eigenvalue weighted by atomic mass is 10.2. The Bertz CT molecular complexity index is 610. The number of rotatable bonds is 6. The van der Waals surface area contributed by atoms with Crippen LogP contribution in [0.5, 0.6) is 0 Å². The Hall–Kier alpha value is -2.44. The van der Waals surface area contributed by atoms with E-state index in [0.29, 0.717) is 11.4 Å². The molecule has 7 heteroatoms. The molecule has 0 fully saturated rings. The molecule has 1 aromatic heterocycles. The zero-order valence-corrected chi connectivity index (χ0v) is 11.6. The predicted octanol–water partition coefficient (Wildman–Crippen LogP) is 3.42. The second-order valence-corrected chi connectivity index (χ2v) is 4.61. The van der Waals surface area contributed by atoms with Gasteiger partial charge in [0.15, 0.2) is 0 Å². The second-order valence-electron chi connectivity index (χ2n) is 4.61. The van der Waals surface area contributed by atoms with E-state index in [1.165, 1.54) is 18.4 Å². The lowest BCUT2D eigenvalue weighted by Gasteiger charge is -2.10. The lowest BCUT2D eigenvalue weighted by molar-refractivity contribution is -0.137. The van der Waals surface area contributed by atoms with E-state index in [9.17, 15) is 18.0 Å². The molecule has 0 unspecified atom stereocenters. The molecule has 2 aromatic rings. The zero-order chi connectivity index (χ0) is 16.0. The maximum Gasteiger partial charge on any atom is 0.416 e. The van der Waals surface area contributed by atoms with E-state index in [4.69, 9.17) is 4.42 Å². The van der Waals surface area contributed by atoms with Crippen LogP contribution in [0.25, 0.3) is 0 Å². The summed E-state index contributed by atoms with van der Waals surface area (Å²) < 4.78 is 42.7. The monoisotopic (exact) mass is 312 g/mol. The van der Waals surface area contributed by atoms with Crippen molar-refractivity contribution in [1.82, 2.24) is 5.32 Å². The van der Waals surface area contributed by atoms with Crippen molar-refractivity contribution >= 4 is 11.6 Å². The Morgan fingerprint density at radius 1 is 1.18 bits per heavy atom. The van der Waals surface area contributed by atoms with Crippen LogP contribution in [0, 0.1) is 0 Å². The van der Waals surface area contributed by atoms with E-state index < -0.39 is 11.7 Å². The molecule has 0 bridgehead atoms. The average Bonchev–Trinajstić information content (AvgIpc) is 2.98. The predicted molar refractivity (Wildman–Crippen MR) is 75.1 cm³/mol. The number of carbonyl (C=O) groups is 1. The highest BCUT2D eigenvalue weighted by atomic mass is 19.4. The van der Waals surface area contributed by atoms with Gasteiger partial charge in [-0.1, -0.05) is 6.07 Å². The van der Waals surface area contributed by atoms with Gasteiger partial charge in [0.25, 0.3) is 0 Å². The van der Waals surface area contributed by atoms with Crippen molar-refractivity contribution in [3.63, 3.8) is 0 Å². The molecule has 0 saturated carbocycles. The van der Waals surface area contributed by atoms with Gasteiger partial charge in [0.2, 0.25) is 5.91 Å². The summed E-state index contributed by atoms with van der Waals surface area (Å²) in [4.78, 5) is 11.6. The van der Waals surface area contributed by atoms with Crippen molar-refractivity contribution in [3.8, 4) is 0 Å². The molecule has 0 spiro atoms. The second kappa shape index (κ2) is 7.02. The summed E-state index contributed by atoms with van der Waals surface area (Å²) in [7, 11) is 0. The van der Waals surface area contributed by atoms with Gasteiger partial charge in [0, 0.05) is 18.7 Å². The Morgan fingerprint density at radius 3 is 2.68 bits per heavy atom. The van der Waals surface area contributed by atoms with E-state index in [2.05, 4.69) is 10.6 Å². The Kier molecular flexibility index (Phi) is 5.08. The third-order valence-corrected chi connectivity index (χ3v) is 2.91. The number of anilines is 1. The molecular weight excluding hydrogens is 297 g/mol. The molecule has 1 heterocycles. The summed E-state index contributed by atoms with van der Waals surface area (Å²) >= 11 is 0. The number of alkyl halides is 3. The van der Waals surface area contributed by atoms with E-state index >= 15 is 0 Å². The number of hydrogen-bond acceptors (Lipinski definition) is 3. The topological polar surface area (TPSA) is 54.3 Å². The molecule has 0 aliphatic heterocycles. The standard InChI is InChI=1S/C15H15F3N2O2/c16-15(17,18)11-3-1-4-12(9-11)19-7-6-14(21)20-10-13-5-2-8-22-13/h1-5,8-9,19H,6-7,10H2,(H,20,21). The Labute approximate surface area is 125 Å². The van der Waals surface area contributed by atoms with Crippen LogP contribution < -0.4 is 10.6 Å². The van der Waals surface area contributed by atoms with Crippen LogP contribution in [-0.2, 0) is 17.5 Å². The minimum absolute atomic E-state index is 0.150. The summed E-state index contributed by atoms with van der Waals surface area (Å²) in [6.07, 6.45) is -2.72. The van der Waals surface area contributed by atoms with Crippen molar-refractivity contribution in [2.24, 2.45) is 0 Å². The van der Waals surface area contributed by atoms with Crippen molar-refractivity contribution in [2.45, 2.75) is 19.1 Å². The Morgan fingerprint density at radius 2 is 2.00 bits per heavy atom. The normalized spacial score (nSPS) is 11.2. The van der Waals surface area contributed by atoms with Crippen molar-refractivity contribution < 1.29 is 22.4 Å². The van der Waals surface area contributed by atoms with Gasteiger partial charge in [-0.15, -0.1) is 0 Å². The van der Waals surface area contributed by atoms with E-state index in [1.54, 1.807) is 12.1 Å². The molecule has 1 amide bonds. The van der Waals surface area contributed by atoms with Crippen LogP contribution in [0.15, 0.2) is 47.1 Å². The fraction of sp³-hybridized carbons (Fsp3) is 0.267. The molecule has 118 valence electrons. The van der Waals surface area contributed by atoms with E-state index in [0.717, 1.165) is 12.1 Å². The molecule has 0 aliphatic carbocycles. The number of benzene rings is 1. The average molecular weight is 312 g/mol. The molecule has 0 atom stereocenters. The molecule has 1 aromatic carbocycles. The van der Waals surface area contributed by atoms with Gasteiger partial charge >= 0.3 is 6.18 Å². The smallest absolute Gasteiger partial charge is 0.416 e. The van der Waals surface area contributed by atoms with E-state index in [-0.39, 0.29) is 25.4 Å². The van der Waals surface area contributed by atoms with Gasteiger partial charge in [0.1, 0.15) is 5.76 Å². The summed E-state index contributed by atoms with van der Waals surface area (Å²) in [5.41, 5.74) is -0.395. The van der Waals surface area contributed by atoms with Crippen LogP contribution in [-0.4, -0.2) is 12.5 Å². The molecule has 0 radical (unpaired) electrons. The Balaban J connectivity index is 1.75. The first kappa shape index (κ1) is 15.9. The van der Waals surface area contributed by atoms with Gasteiger partial charge in [0.05, 0.1) is 18.4 Å². The molecule has 2 rings (SSSR count). The van der Waals surface area contributed by atoms with Crippen LogP contribution >= 0.6 is 0 Å². The molecule has 22 heavy (non-hydrogen) atoms. The van der Waals surface area contributed by atoms with Crippen LogP contribution in [0.4, 0.5) is 18.9 Å². The van der Waals surface area contributed by atoms with Crippen LogP contribution in [0.2, 0.25) is 0 Å². The molecule has 2 N–H and O–H groups in total. The summed E-state index contributed by atoms with van der Waals surface area (Å²) in [6, 6.07) is 8.32. The fourth-order valence-electron chi connectivity index (χ4n) is 1.81.